The Bertz CT molecular complexity index is 942. The number of hydrogen-bond acceptors (Lipinski definition) is 2. The van der Waals surface area contributed by atoms with Crippen molar-refractivity contribution in [1.82, 2.24) is 0 Å². The summed E-state index contributed by atoms with van der Waals surface area (Å²) in [7, 11) is 0. The molecule has 0 amide bonds. The molecule has 0 saturated carbocycles. The van der Waals surface area contributed by atoms with Crippen molar-refractivity contribution in [2.24, 2.45) is 0 Å². The van der Waals surface area contributed by atoms with E-state index in [-0.39, 0.29) is 0 Å². The smallest absolute Gasteiger partial charge is 0.136 e. The van der Waals surface area contributed by atoms with Gasteiger partial charge in [-0.25, -0.2) is 0 Å². The van der Waals surface area contributed by atoms with Gasteiger partial charge in [0.25, 0.3) is 0 Å². The zero-order valence-corrected chi connectivity index (χ0v) is 13.4. The van der Waals surface area contributed by atoms with Gasteiger partial charge < -0.3 is 4.42 Å². The molecule has 0 aliphatic carbocycles. The highest BCUT2D eigenvalue weighted by molar-refractivity contribution is 9.10. The molecular formula is C18H11BrOS. The fourth-order valence-corrected chi connectivity index (χ4v) is 3.82. The molecule has 0 aliphatic heterocycles. The topological polar surface area (TPSA) is 13.1 Å². The lowest BCUT2D eigenvalue weighted by atomic mass is 10.2. The normalized spacial score (nSPS) is 11.3. The van der Waals surface area contributed by atoms with Crippen molar-refractivity contribution < 1.29 is 4.42 Å². The van der Waals surface area contributed by atoms with Crippen molar-refractivity contribution in [2.45, 2.75) is 9.79 Å². The Morgan fingerprint density at radius 3 is 2.43 bits per heavy atom. The molecule has 21 heavy (non-hydrogen) atoms. The first kappa shape index (κ1) is 13.0. The predicted molar refractivity (Wildman–Crippen MR) is 92.0 cm³/mol. The van der Waals surface area contributed by atoms with Crippen LogP contribution in [0, 0.1) is 0 Å². The molecule has 0 fully saturated rings. The van der Waals surface area contributed by atoms with Crippen LogP contribution in [0.15, 0.2) is 85.4 Å². The van der Waals surface area contributed by atoms with E-state index in [2.05, 4.69) is 52.3 Å². The van der Waals surface area contributed by atoms with Crippen molar-refractivity contribution in [3.05, 3.63) is 71.2 Å². The molecule has 0 N–H and O–H groups in total. The Kier molecular flexibility index (Phi) is 3.24. The number of halogens is 1. The third-order valence-electron chi connectivity index (χ3n) is 3.41. The molecule has 0 radical (unpaired) electrons. The van der Waals surface area contributed by atoms with Gasteiger partial charge in [0, 0.05) is 25.0 Å². The Balaban J connectivity index is 1.80. The summed E-state index contributed by atoms with van der Waals surface area (Å²) < 4.78 is 7.05. The van der Waals surface area contributed by atoms with Gasteiger partial charge in [-0.15, -0.1) is 0 Å². The molecule has 4 aromatic rings. The van der Waals surface area contributed by atoms with E-state index >= 15 is 0 Å². The van der Waals surface area contributed by atoms with Gasteiger partial charge in [-0.2, -0.15) is 0 Å². The molecule has 0 aliphatic rings. The predicted octanol–water partition coefficient (Wildman–Crippen LogP) is 6.50. The molecule has 1 aromatic heterocycles. The standard InChI is InChI=1S/C18H11BrOS/c19-15-6-2-4-8-18(15)21-12-9-10-14-13-5-1-3-7-16(13)20-17(14)11-12/h1-11H. The van der Waals surface area contributed by atoms with Gasteiger partial charge >= 0.3 is 0 Å². The van der Waals surface area contributed by atoms with Crippen molar-refractivity contribution in [1.29, 1.82) is 0 Å². The van der Waals surface area contributed by atoms with Gasteiger partial charge in [-0.05, 0) is 52.3 Å². The van der Waals surface area contributed by atoms with Crippen molar-refractivity contribution in [3.8, 4) is 0 Å². The molecule has 1 heterocycles. The highest BCUT2D eigenvalue weighted by atomic mass is 79.9. The van der Waals surface area contributed by atoms with Crippen LogP contribution in [0.5, 0.6) is 0 Å². The van der Waals surface area contributed by atoms with Crippen LogP contribution in [-0.4, -0.2) is 0 Å². The third kappa shape index (κ3) is 2.37. The second-order valence-electron chi connectivity index (χ2n) is 4.79. The number of para-hydroxylation sites is 1. The lowest BCUT2D eigenvalue weighted by Crippen LogP contribution is -1.75. The first-order valence-electron chi connectivity index (χ1n) is 6.65. The molecule has 0 atom stereocenters. The van der Waals surface area contributed by atoms with Gasteiger partial charge in [0.15, 0.2) is 0 Å². The fourth-order valence-electron chi connectivity index (χ4n) is 2.42. The maximum atomic E-state index is 5.94. The lowest BCUT2D eigenvalue weighted by molar-refractivity contribution is 0.668. The van der Waals surface area contributed by atoms with Crippen molar-refractivity contribution in [2.75, 3.05) is 0 Å². The summed E-state index contributed by atoms with van der Waals surface area (Å²) in [6.45, 7) is 0. The molecule has 0 saturated heterocycles. The molecule has 102 valence electrons. The Hall–Kier alpha value is -1.71. The molecule has 3 aromatic carbocycles. The number of fused-ring (bicyclic) bond motifs is 3. The second kappa shape index (κ2) is 5.24. The zero-order chi connectivity index (χ0) is 14.2. The van der Waals surface area contributed by atoms with Gasteiger partial charge in [-0.1, -0.05) is 42.1 Å². The Labute approximate surface area is 135 Å². The fraction of sp³-hybridized carbons (Fsp3) is 0. The average molecular weight is 355 g/mol. The summed E-state index contributed by atoms with van der Waals surface area (Å²) in [6.07, 6.45) is 0. The quantitative estimate of drug-likeness (QED) is 0.407. The van der Waals surface area contributed by atoms with E-state index in [4.69, 9.17) is 4.42 Å². The number of furan rings is 1. The Morgan fingerprint density at radius 2 is 1.52 bits per heavy atom. The summed E-state index contributed by atoms with van der Waals surface area (Å²) in [4.78, 5) is 2.38. The minimum Gasteiger partial charge on any atom is -0.456 e. The second-order valence-corrected chi connectivity index (χ2v) is 6.76. The van der Waals surface area contributed by atoms with Crippen LogP contribution in [0.25, 0.3) is 21.9 Å². The minimum atomic E-state index is 0.938. The van der Waals surface area contributed by atoms with E-state index in [1.165, 1.54) is 20.6 Å². The van der Waals surface area contributed by atoms with Gasteiger partial charge in [0.1, 0.15) is 11.2 Å². The third-order valence-corrected chi connectivity index (χ3v) is 5.43. The van der Waals surface area contributed by atoms with E-state index in [1.54, 1.807) is 11.8 Å². The van der Waals surface area contributed by atoms with Crippen LogP contribution < -0.4 is 0 Å². The molecule has 4 rings (SSSR count). The van der Waals surface area contributed by atoms with Gasteiger partial charge in [0.05, 0.1) is 0 Å². The monoisotopic (exact) mass is 354 g/mol. The van der Waals surface area contributed by atoms with E-state index < -0.39 is 0 Å². The molecule has 1 nitrogen and oxygen atoms in total. The molecule has 0 bridgehead atoms. The number of benzene rings is 3. The lowest BCUT2D eigenvalue weighted by Gasteiger charge is -2.03. The summed E-state index contributed by atoms with van der Waals surface area (Å²) in [5.74, 6) is 0. The summed E-state index contributed by atoms with van der Waals surface area (Å²) in [6, 6.07) is 22.8. The maximum Gasteiger partial charge on any atom is 0.136 e. The SMILES string of the molecule is Brc1ccccc1Sc1ccc2c(c1)oc1ccccc12. The highest BCUT2D eigenvalue weighted by Crippen LogP contribution is 2.36. The van der Waals surface area contributed by atoms with E-state index in [0.29, 0.717) is 0 Å². The van der Waals surface area contributed by atoms with Gasteiger partial charge in [-0.3, -0.25) is 0 Å². The van der Waals surface area contributed by atoms with E-state index in [1.807, 2.05) is 30.3 Å². The van der Waals surface area contributed by atoms with Crippen LogP contribution in [0.3, 0.4) is 0 Å². The van der Waals surface area contributed by atoms with E-state index in [9.17, 15) is 0 Å². The van der Waals surface area contributed by atoms with Crippen LogP contribution in [0.2, 0.25) is 0 Å². The molecule has 0 spiro atoms. The van der Waals surface area contributed by atoms with Crippen molar-refractivity contribution >= 4 is 49.6 Å². The molecular weight excluding hydrogens is 344 g/mol. The van der Waals surface area contributed by atoms with E-state index in [0.717, 1.165) is 15.6 Å². The minimum absolute atomic E-state index is 0.938. The van der Waals surface area contributed by atoms with Crippen LogP contribution in [0.1, 0.15) is 0 Å². The van der Waals surface area contributed by atoms with Gasteiger partial charge in [0.2, 0.25) is 0 Å². The highest BCUT2D eigenvalue weighted by Gasteiger charge is 2.08. The number of hydrogen-bond donors (Lipinski definition) is 0. The number of rotatable bonds is 2. The maximum absolute atomic E-state index is 5.94. The van der Waals surface area contributed by atoms with Crippen LogP contribution in [0.4, 0.5) is 0 Å². The average Bonchev–Trinajstić information content (AvgIpc) is 2.87. The first-order chi connectivity index (χ1) is 10.3. The molecule has 3 heteroatoms. The summed E-state index contributed by atoms with van der Waals surface area (Å²) in [5, 5.41) is 2.34. The van der Waals surface area contributed by atoms with Crippen LogP contribution in [-0.2, 0) is 0 Å². The molecule has 0 unspecified atom stereocenters. The summed E-state index contributed by atoms with van der Waals surface area (Å²) >= 11 is 5.32. The Morgan fingerprint density at radius 1 is 0.762 bits per heavy atom. The largest absolute Gasteiger partial charge is 0.456 e. The zero-order valence-electron chi connectivity index (χ0n) is 11.0. The van der Waals surface area contributed by atoms with Crippen molar-refractivity contribution in [3.63, 3.8) is 0 Å². The van der Waals surface area contributed by atoms with Crippen LogP contribution >= 0.6 is 27.7 Å². The first-order valence-corrected chi connectivity index (χ1v) is 8.26. The summed E-state index contributed by atoms with van der Waals surface area (Å²) in [5.41, 5.74) is 1.88.